The molecule has 1 amide bonds. The summed E-state index contributed by atoms with van der Waals surface area (Å²) in [7, 11) is 0. The van der Waals surface area contributed by atoms with Gasteiger partial charge in [-0.1, -0.05) is 52.9 Å². The summed E-state index contributed by atoms with van der Waals surface area (Å²) in [6.45, 7) is 2.46. The van der Waals surface area contributed by atoms with Gasteiger partial charge in [0.15, 0.2) is 5.13 Å². The molecule has 0 aliphatic carbocycles. The van der Waals surface area contributed by atoms with Gasteiger partial charge < -0.3 is 4.52 Å². The number of hydrogen-bond donors (Lipinski definition) is 0. The topological polar surface area (TPSA) is 59.2 Å². The van der Waals surface area contributed by atoms with Crippen LogP contribution < -0.4 is 4.90 Å². The van der Waals surface area contributed by atoms with E-state index in [9.17, 15) is 4.79 Å². The highest BCUT2D eigenvalue weighted by atomic mass is 32.1. The summed E-state index contributed by atoms with van der Waals surface area (Å²) in [6.07, 6.45) is 1.47. The van der Waals surface area contributed by atoms with E-state index >= 15 is 0 Å². The number of thiazole rings is 1. The number of carbonyl (C=O) groups is 1. The standard InChI is InChI=1S/C19H15N3O2S/c1-13-7-8-15-17(11-13)25-19(21-15)22(12-14-5-3-2-4-6-14)18(23)16-9-10-20-24-16/h2-11H,12H2,1H3. The van der Waals surface area contributed by atoms with Gasteiger partial charge in [-0.05, 0) is 30.2 Å². The lowest BCUT2D eigenvalue weighted by atomic mass is 10.2. The van der Waals surface area contributed by atoms with E-state index in [0.29, 0.717) is 11.7 Å². The van der Waals surface area contributed by atoms with Crippen molar-refractivity contribution in [2.45, 2.75) is 13.5 Å². The van der Waals surface area contributed by atoms with E-state index in [-0.39, 0.29) is 11.7 Å². The molecule has 0 atom stereocenters. The minimum atomic E-state index is -0.253. The number of rotatable bonds is 4. The average molecular weight is 349 g/mol. The summed E-state index contributed by atoms with van der Waals surface area (Å²) in [5, 5.41) is 4.29. The molecule has 2 aromatic carbocycles. The van der Waals surface area contributed by atoms with Crippen LogP contribution in [0, 0.1) is 6.92 Å². The Bertz CT molecular complexity index is 1010. The summed E-state index contributed by atoms with van der Waals surface area (Å²) >= 11 is 1.50. The van der Waals surface area contributed by atoms with Crippen LogP contribution in [0.3, 0.4) is 0 Å². The van der Waals surface area contributed by atoms with Gasteiger partial charge in [0.2, 0.25) is 5.76 Å². The molecule has 2 heterocycles. The zero-order chi connectivity index (χ0) is 17.2. The second-order valence-electron chi connectivity index (χ2n) is 5.72. The molecular formula is C19H15N3O2S. The summed E-state index contributed by atoms with van der Waals surface area (Å²) < 4.78 is 6.12. The summed E-state index contributed by atoms with van der Waals surface area (Å²) in [6, 6.07) is 17.5. The van der Waals surface area contributed by atoms with Gasteiger partial charge in [0.25, 0.3) is 5.91 Å². The minimum absolute atomic E-state index is 0.200. The van der Waals surface area contributed by atoms with Crippen molar-refractivity contribution < 1.29 is 9.32 Å². The number of nitrogens with zero attached hydrogens (tertiary/aromatic N) is 3. The van der Waals surface area contributed by atoms with Crippen molar-refractivity contribution in [2.75, 3.05) is 4.90 Å². The zero-order valence-electron chi connectivity index (χ0n) is 13.5. The van der Waals surface area contributed by atoms with Crippen LogP contribution in [0.1, 0.15) is 21.7 Å². The number of hydrogen-bond acceptors (Lipinski definition) is 5. The largest absolute Gasteiger partial charge is 0.351 e. The third-order valence-electron chi connectivity index (χ3n) is 3.84. The number of amides is 1. The van der Waals surface area contributed by atoms with Crippen LogP contribution in [-0.4, -0.2) is 16.0 Å². The summed E-state index contributed by atoms with van der Waals surface area (Å²) in [4.78, 5) is 19.2. The van der Waals surface area contributed by atoms with E-state index in [1.165, 1.54) is 23.1 Å². The first-order valence-corrected chi connectivity index (χ1v) is 8.66. The Labute approximate surface area is 148 Å². The molecule has 5 nitrogen and oxygen atoms in total. The highest BCUT2D eigenvalue weighted by molar-refractivity contribution is 7.22. The van der Waals surface area contributed by atoms with Gasteiger partial charge in [-0.2, -0.15) is 0 Å². The second kappa shape index (κ2) is 6.49. The zero-order valence-corrected chi connectivity index (χ0v) is 14.4. The molecule has 0 N–H and O–H groups in total. The lowest BCUT2D eigenvalue weighted by molar-refractivity contribution is 0.0949. The Kier molecular flexibility index (Phi) is 4.03. The fraction of sp³-hybridized carbons (Fsp3) is 0.105. The first-order valence-electron chi connectivity index (χ1n) is 7.84. The van der Waals surface area contributed by atoms with E-state index in [1.807, 2.05) is 49.4 Å². The van der Waals surface area contributed by atoms with Crippen molar-refractivity contribution in [3.8, 4) is 0 Å². The van der Waals surface area contributed by atoms with Crippen molar-refractivity contribution >= 4 is 32.6 Å². The molecule has 0 spiro atoms. The fourth-order valence-electron chi connectivity index (χ4n) is 2.59. The highest BCUT2D eigenvalue weighted by Gasteiger charge is 2.24. The average Bonchev–Trinajstić information content (AvgIpc) is 3.29. The molecule has 0 fully saturated rings. The molecule has 124 valence electrons. The van der Waals surface area contributed by atoms with Gasteiger partial charge in [-0.15, -0.1) is 0 Å². The summed E-state index contributed by atoms with van der Waals surface area (Å²) in [5.41, 5.74) is 3.07. The molecule has 4 aromatic rings. The molecule has 25 heavy (non-hydrogen) atoms. The Balaban J connectivity index is 1.76. The van der Waals surface area contributed by atoms with E-state index < -0.39 is 0 Å². The van der Waals surface area contributed by atoms with Crippen molar-refractivity contribution in [1.29, 1.82) is 0 Å². The Morgan fingerprint density at radius 1 is 1.16 bits per heavy atom. The predicted octanol–water partition coefficient (Wildman–Crippen LogP) is 4.44. The molecule has 2 aromatic heterocycles. The van der Waals surface area contributed by atoms with E-state index in [1.54, 1.807) is 11.0 Å². The van der Waals surface area contributed by atoms with Crippen LogP contribution in [0.25, 0.3) is 10.2 Å². The molecule has 4 rings (SSSR count). The van der Waals surface area contributed by atoms with Crippen molar-refractivity contribution in [3.05, 3.63) is 77.7 Å². The van der Waals surface area contributed by atoms with Crippen LogP contribution in [0.2, 0.25) is 0 Å². The van der Waals surface area contributed by atoms with E-state index in [0.717, 1.165) is 15.8 Å². The van der Waals surface area contributed by atoms with Gasteiger partial charge in [0, 0.05) is 6.07 Å². The summed E-state index contributed by atoms with van der Waals surface area (Å²) in [5.74, 6) is -0.0523. The number of benzene rings is 2. The molecule has 0 aliphatic heterocycles. The number of aryl methyl sites for hydroxylation is 1. The monoisotopic (exact) mass is 349 g/mol. The first kappa shape index (κ1) is 15.5. The van der Waals surface area contributed by atoms with Gasteiger partial charge in [0.1, 0.15) is 0 Å². The molecule has 0 saturated carbocycles. The van der Waals surface area contributed by atoms with E-state index in [2.05, 4.69) is 16.2 Å². The molecule has 0 unspecified atom stereocenters. The van der Waals surface area contributed by atoms with Gasteiger partial charge in [-0.3, -0.25) is 9.69 Å². The third kappa shape index (κ3) is 3.16. The Morgan fingerprint density at radius 3 is 2.76 bits per heavy atom. The maximum atomic E-state index is 12.9. The lowest BCUT2D eigenvalue weighted by Crippen LogP contribution is -2.30. The van der Waals surface area contributed by atoms with Gasteiger partial charge in [0.05, 0.1) is 23.0 Å². The number of anilines is 1. The van der Waals surface area contributed by atoms with Crippen LogP contribution >= 0.6 is 11.3 Å². The van der Waals surface area contributed by atoms with Crippen molar-refractivity contribution in [1.82, 2.24) is 10.1 Å². The molecule has 0 bridgehead atoms. The lowest BCUT2D eigenvalue weighted by Gasteiger charge is -2.18. The molecular weight excluding hydrogens is 334 g/mol. The Hall–Kier alpha value is -2.99. The number of aromatic nitrogens is 2. The third-order valence-corrected chi connectivity index (χ3v) is 4.88. The van der Waals surface area contributed by atoms with E-state index in [4.69, 9.17) is 4.52 Å². The normalized spacial score (nSPS) is 10.9. The maximum absolute atomic E-state index is 12.9. The van der Waals surface area contributed by atoms with Crippen molar-refractivity contribution in [2.24, 2.45) is 0 Å². The molecule has 0 saturated heterocycles. The van der Waals surface area contributed by atoms with Gasteiger partial charge in [-0.25, -0.2) is 4.98 Å². The van der Waals surface area contributed by atoms with Crippen LogP contribution in [0.5, 0.6) is 0 Å². The first-order chi connectivity index (χ1) is 12.2. The highest BCUT2D eigenvalue weighted by Crippen LogP contribution is 2.31. The molecule has 0 radical (unpaired) electrons. The smallest absolute Gasteiger partial charge is 0.298 e. The second-order valence-corrected chi connectivity index (χ2v) is 6.73. The maximum Gasteiger partial charge on any atom is 0.298 e. The van der Waals surface area contributed by atoms with Gasteiger partial charge >= 0.3 is 0 Å². The molecule has 0 aliphatic rings. The fourth-order valence-corrected chi connectivity index (χ4v) is 3.65. The molecule has 6 heteroatoms. The van der Waals surface area contributed by atoms with Crippen LogP contribution in [0.15, 0.2) is 65.3 Å². The van der Waals surface area contributed by atoms with Crippen LogP contribution in [0.4, 0.5) is 5.13 Å². The predicted molar refractivity (Wildman–Crippen MR) is 97.8 cm³/mol. The van der Waals surface area contributed by atoms with Crippen molar-refractivity contribution in [3.63, 3.8) is 0 Å². The number of carbonyl (C=O) groups excluding carboxylic acids is 1. The quantitative estimate of drug-likeness (QED) is 0.546. The SMILES string of the molecule is Cc1ccc2nc(N(Cc3ccccc3)C(=O)c3ccno3)sc2c1. The number of fused-ring (bicyclic) bond motifs is 1. The minimum Gasteiger partial charge on any atom is -0.351 e. The van der Waals surface area contributed by atoms with Crippen LogP contribution in [-0.2, 0) is 6.54 Å². The Morgan fingerprint density at radius 2 is 2.00 bits per heavy atom.